The van der Waals surface area contributed by atoms with E-state index in [1.165, 1.54) is 16.9 Å². The Balaban J connectivity index is 1.81. The molecule has 0 spiro atoms. The lowest BCUT2D eigenvalue weighted by Gasteiger charge is -2.05. The summed E-state index contributed by atoms with van der Waals surface area (Å²) >= 11 is 1.50. The maximum absolute atomic E-state index is 12.9. The van der Waals surface area contributed by atoms with E-state index in [1.54, 1.807) is 6.07 Å². The highest BCUT2D eigenvalue weighted by atomic mass is 32.1. The van der Waals surface area contributed by atoms with E-state index >= 15 is 0 Å². The van der Waals surface area contributed by atoms with Crippen molar-refractivity contribution in [1.82, 2.24) is 4.57 Å². The number of amides is 1. The minimum Gasteiger partial charge on any atom is -0.490 e. The molecule has 0 saturated carbocycles. The Kier molecular flexibility index (Phi) is 5.59. The Labute approximate surface area is 178 Å². The highest BCUT2D eigenvalue weighted by Crippen LogP contribution is 2.29. The number of rotatable bonds is 6. The first-order valence-corrected chi connectivity index (χ1v) is 10.8. The Hall–Kier alpha value is -3.12. The zero-order valence-corrected chi connectivity index (χ0v) is 18.2. The fourth-order valence-electron chi connectivity index (χ4n) is 3.39. The van der Waals surface area contributed by atoms with Gasteiger partial charge in [-0.3, -0.25) is 4.79 Å². The summed E-state index contributed by atoms with van der Waals surface area (Å²) in [4.78, 5) is 17.9. The Morgan fingerprint density at radius 1 is 1.30 bits per heavy atom. The van der Waals surface area contributed by atoms with Crippen molar-refractivity contribution >= 4 is 38.4 Å². The molecule has 2 heterocycles. The molecule has 0 unspecified atom stereocenters. The van der Waals surface area contributed by atoms with Gasteiger partial charge in [0.15, 0.2) is 21.9 Å². The van der Waals surface area contributed by atoms with E-state index in [1.807, 2.05) is 35.8 Å². The van der Waals surface area contributed by atoms with Crippen molar-refractivity contribution in [1.29, 1.82) is 0 Å². The molecule has 0 radical (unpaired) electrons. The second-order valence-electron chi connectivity index (χ2n) is 7.30. The van der Waals surface area contributed by atoms with Crippen molar-refractivity contribution < 1.29 is 13.9 Å². The summed E-state index contributed by atoms with van der Waals surface area (Å²) in [5, 5.41) is 0.816. The van der Waals surface area contributed by atoms with Crippen LogP contribution in [0.1, 0.15) is 42.8 Å². The van der Waals surface area contributed by atoms with E-state index in [4.69, 9.17) is 9.15 Å². The zero-order chi connectivity index (χ0) is 21.3. The summed E-state index contributed by atoms with van der Waals surface area (Å²) in [5.74, 6) is 0.838. The fraction of sp³-hybridized carbons (Fsp3) is 0.250. The minimum atomic E-state index is -0.415. The summed E-state index contributed by atoms with van der Waals surface area (Å²) in [7, 11) is 0. The van der Waals surface area contributed by atoms with Crippen LogP contribution < -0.4 is 9.54 Å². The molecule has 0 aliphatic rings. The Morgan fingerprint density at radius 3 is 2.87 bits per heavy atom. The SMILES string of the molecule is C=CCn1c(=NC(=O)c2cc3cccc(OCC)c3o2)sc2cc(C(C)C)ccc21. The molecule has 0 bridgehead atoms. The summed E-state index contributed by atoms with van der Waals surface area (Å²) in [6.07, 6.45) is 1.81. The molecule has 30 heavy (non-hydrogen) atoms. The first kappa shape index (κ1) is 20.2. The molecule has 0 saturated heterocycles. The van der Waals surface area contributed by atoms with E-state index < -0.39 is 5.91 Å². The van der Waals surface area contributed by atoms with Crippen LogP contribution in [0.25, 0.3) is 21.2 Å². The lowest BCUT2D eigenvalue weighted by molar-refractivity contribution is 0.0973. The second kappa shape index (κ2) is 8.32. The van der Waals surface area contributed by atoms with Crippen LogP contribution >= 0.6 is 11.3 Å². The highest BCUT2D eigenvalue weighted by molar-refractivity contribution is 7.16. The van der Waals surface area contributed by atoms with Gasteiger partial charge in [-0.25, -0.2) is 0 Å². The topological polar surface area (TPSA) is 56.7 Å². The molecule has 0 N–H and O–H groups in total. The normalized spacial score (nSPS) is 12.2. The van der Waals surface area contributed by atoms with Crippen LogP contribution in [0.5, 0.6) is 5.75 Å². The van der Waals surface area contributed by atoms with Crippen LogP contribution in [0, 0.1) is 0 Å². The Bertz CT molecular complexity index is 1310. The van der Waals surface area contributed by atoms with Gasteiger partial charge >= 0.3 is 5.91 Å². The molecule has 0 aliphatic carbocycles. The van der Waals surface area contributed by atoms with Gasteiger partial charge in [-0.15, -0.1) is 6.58 Å². The number of benzene rings is 2. The average Bonchev–Trinajstić information content (AvgIpc) is 3.30. The van der Waals surface area contributed by atoms with Gasteiger partial charge in [-0.05, 0) is 42.7 Å². The monoisotopic (exact) mass is 420 g/mol. The number of fused-ring (bicyclic) bond motifs is 2. The molecule has 4 rings (SSSR count). The van der Waals surface area contributed by atoms with E-state index in [9.17, 15) is 4.79 Å². The molecular formula is C24H24N2O3S. The summed E-state index contributed by atoms with van der Waals surface area (Å²) < 4.78 is 14.5. The smallest absolute Gasteiger partial charge is 0.315 e. The zero-order valence-electron chi connectivity index (χ0n) is 17.3. The number of carbonyl (C=O) groups is 1. The molecule has 0 fully saturated rings. The number of hydrogen-bond donors (Lipinski definition) is 0. The number of aromatic nitrogens is 1. The number of ether oxygens (including phenoxy) is 1. The van der Waals surface area contributed by atoms with Crippen LogP contribution in [-0.2, 0) is 6.54 Å². The lowest BCUT2D eigenvalue weighted by Crippen LogP contribution is -2.16. The third-order valence-electron chi connectivity index (χ3n) is 4.90. The van der Waals surface area contributed by atoms with Gasteiger partial charge in [-0.1, -0.05) is 49.5 Å². The van der Waals surface area contributed by atoms with E-state index in [-0.39, 0.29) is 5.76 Å². The van der Waals surface area contributed by atoms with Crippen LogP contribution in [0.2, 0.25) is 0 Å². The number of thiazole rings is 1. The first-order chi connectivity index (χ1) is 14.5. The van der Waals surface area contributed by atoms with Gasteiger partial charge < -0.3 is 13.7 Å². The number of nitrogens with zero attached hydrogens (tertiary/aromatic N) is 2. The Morgan fingerprint density at radius 2 is 2.13 bits per heavy atom. The van der Waals surface area contributed by atoms with Crippen molar-refractivity contribution in [2.75, 3.05) is 6.61 Å². The summed E-state index contributed by atoms with van der Waals surface area (Å²) in [5.41, 5.74) is 2.86. The molecule has 2 aromatic carbocycles. The van der Waals surface area contributed by atoms with Crippen molar-refractivity contribution in [3.8, 4) is 5.75 Å². The second-order valence-corrected chi connectivity index (χ2v) is 8.31. The number of para-hydroxylation sites is 1. The summed E-state index contributed by atoms with van der Waals surface area (Å²) in [6, 6.07) is 13.7. The van der Waals surface area contributed by atoms with E-state index in [0.717, 1.165) is 15.6 Å². The van der Waals surface area contributed by atoms with Crippen LogP contribution in [0.15, 0.2) is 64.5 Å². The van der Waals surface area contributed by atoms with Gasteiger partial charge in [0.25, 0.3) is 0 Å². The quantitative estimate of drug-likeness (QED) is 0.365. The largest absolute Gasteiger partial charge is 0.490 e. The van der Waals surface area contributed by atoms with Gasteiger partial charge in [-0.2, -0.15) is 4.99 Å². The lowest BCUT2D eigenvalue weighted by atomic mass is 10.0. The molecule has 0 aliphatic heterocycles. The third-order valence-corrected chi connectivity index (χ3v) is 5.94. The molecule has 5 nitrogen and oxygen atoms in total. The predicted octanol–water partition coefficient (Wildman–Crippen LogP) is 5.90. The molecule has 6 heteroatoms. The van der Waals surface area contributed by atoms with Crippen molar-refractivity contribution in [2.24, 2.45) is 4.99 Å². The number of furan rings is 1. The van der Waals surface area contributed by atoms with Crippen LogP contribution in [0.4, 0.5) is 0 Å². The van der Waals surface area contributed by atoms with Crippen LogP contribution in [0.3, 0.4) is 0 Å². The van der Waals surface area contributed by atoms with Crippen LogP contribution in [-0.4, -0.2) is 17.1 Å². The van der Waals surface area contributed by atoms with Crippen molar-refractivity contribution in [3.05, 3.63) is 71.2 Å². The third kappa shape index (κ3) is 3.71. The molecular weight excluding hydrogens is 396 g/mol. The molecule has 0 atom stereocenters. The van der Waals surface area contributed by atoms with Gasteiger partial charge in [0, 0.05) is 11.9 Å². The predicted molar refractivity (Wildman–Crippen MR) is 121 cm³/mol. The van der Waals surface area contributed by atoms with Gasteiger partial charge in [0.2, 0.25) is 0 Å². The minimum absolute atomic E-state index is 0.197. The van der Waals surface area contributed by atoms with E-state index in [2.05, 4.69) is 43.6 Å². The number of carbonyl (C=O) groups excluding carboxylic acids is 1. The number of hydrogen-bond acceptors (Lipinski definition) is 4. The summed E-state index contributed by atoms with van der Waals surface area (Å²) in [6.45, 7) is 11.2. The maximum atomic E-state index is 12.9. The van der Waals surface area contributed by atoms with Crippen molar-refractivity contribution in [3.63, 3.8) is 0 Å². The van der Waals surface area contributed by atoms with Crippen molar-refractivity contribution in [2.45, 2.75) is 33.2 Å². The number of allylic oxidation sites excluding steroid dienone is 1. The highest BCUT2D eigenvalue weighted by Gasteiger charge is 2.16. The maximum Gasteiger partial charge on any atom is 0.315 e. The molecule has 2 aromatic heterocycles. The first-order valence-electron chi connectivity index (χ1n) is 10.0. The molecule has 4 aromatic rings. The standard InChI is InChI=1S/C24H24N2O3S/c1-5-12-26-18-11-10-16(15(3)4)14-21(18)30-24(26)25-23(27)20-13-17-8-7-9-19(28-6-2)22(17)29-20/h5,7-11,13-15H,1,6,12H2,2-4H3. The fourth-order valence-corrected chi connectivity index (χ4v) is 4.48. The average molecular weight is 421 g/mol. The van der Waals surface area contributed by atoms with Gasteiger partial charge in [0.05, 0.1) is 16.8 Å². The molecule has 154 valence electrons. The van der Waals surface area contributed by atoms with E-state index in [0.29, 0.717) is 35.2 Å². The van der Waals surface area contributed by atoms with Gasteiger partial charge in [0.1, 0.15) is 0 Å². The molecule has 1 amide bonds.